The highest BCUT2D eigenvalue weighted by Gasteiger charge is 2.20. The molecule has 0 bridgehead atoms. The monoisotopic (exact) mass is 442 g/mol. The minimum Gasteiger partial charge on any atom is -0.303 e. The molecule has 1 aromatic carbocycles. The first kappa shape index (κ1) is 21.8. The van der Waals surface area contributed by atoms with Crippen molar-refractivity contribution in [3.63, 3.8) is 0 Å². The van der Waals surface area contributed by atoms with Gasteiger partial charge in [0, 0.05) is 12.2 Å². The predicted octanol–water partition coefficient (Wildman–Crippen LogP) is 4.73. The summed E-state index contributed by atoms with van der Waals surface area (Å²) < 4.78 is 3.87. The van der Waals surface area contributed by atoms with Gasteiger partial charge in [-0.25, -0.2) is 14.2 Å². The number of fused-ring (bicyclic) bond motifs is 1. The zero-order valence-electron chi connectivity index (χ0n) is 20.0. The maximum absolute atomic E-state index is 4.83. The summed E-state index contributed by atoms with van der Waals surface area (Å²) in [5.41, 5.74) is 7.03. The Kier molecular flexibility index (Phi) is 6.27. The van der Waals surface area contributed by atoms with Gasteiger partial charge in [0.05, 0.1) is 17.6 Å². The van der Waals surface area contributed by atoms with Gasteiger partial charge in [0.15, 0.2) is 11.5 Å². The summed E-state index contributed by atoms with van der Waals surface area (Å²) in [5, 5.41) is 9.60. The normalized spacial score (nSPS) is 17.1. The van der Waals surface area contributed by atoms with E-state index in [-0.39, 0.29) is 0 Å². The Bertz CT molecular complexity index is 1220. The molecule has 0 aliphatic carbocycles. The van der Waals surface area contributed by atoms with Crippen LogP contribution in [-0.4, -0.2) is 48.9 Å². The number of aryl methyl sites for hydroxylation is 2. The van der Waals surface area contributed by atoms with Crippen LogP contribution >= 0.6 is 0 Å². The molecule has 0 amide bonds. The molecule has 3 aromatic heterocycles. The Labute approximate surface area is 196 Å². The van der Waals surface area contributed by atoms with E-state index in [1.807, 2.05) is 34.5 Å². The van der Waals surface area contributed by atoms with Crippen LogP contribution < -0.4 is 0 Å². The second-order valence-electron chi connectivity index (χ2n) is 9.52. The first-order valence-corrected chi connectivity index (χ1v) is 12.2. The van der Waals surface area contributed by atoms with Crippen LogP contribution in [0.3, 0.4) is 0 Å². The first-order valence-electron chi connectivity index (χ1n) is 12.2. The van der Waals surface area contributed by atoms with Crippen molar-refractivity contribution in [2.24, 2.45) is 5.92 Å². The van der Waals surface area contributed by atoms with Crippen LogP contribution in [0.5, 0.6) is 0 Å². The molecule has 4 heterocycles. The van der Waals surface area contributed by atoms with Crippen molar-refractivity contribution in [2.75, 3.05) is 19.6 Å². The van der Waals surface area contributed by atoms with Gasteiger partial charge in [-0.15, -0.1) is 5.10 Å². The van der Waals surface area contributed by atoms with Crippen molar-refractivity contribution in [3.8, 4) is 5.82 Å². The molecule has 0 radical (unpaired) electrons. The second-order valence-corrected chi connectivity index (χ2v) is 9.52. The third kappa shape index (κ3) is 4.71. The van der Waals surface area contributed by atoms with Gasteiger partial charge in [-0.05, 0) is 95.1 Å². The van der Waals surface area contributed by atoms with E-state index in [4.69, 9.17) is 10.2 Å². The van der Waals surface area contributed by atoms with Crippen molar-refractivity contribution in [3.05, 3.63) is 76.9 Å². The van der Waals surface area contributed by atoms with Crippen LogP contribution in [-0.2, 0) is 12.8 Å². The van der Waals surface area contributed by atoms with Crippen LogP contribution in [0.15, 0.2) is 48.7 Å². The Morgan fingerprint density at radius 3 is 2.70 bits per heavy atom. The summed E-state index contributed by atoms with van der Waals surface area (Å²) in [6.45, 7) is 9.93. The third-order valence-electron chi connectivity index (χ3n) is 7.05. The molecule has 0 N–H and O–H groups in total. The van der Waals surface area contributed by atoms with Gasteiger partial charge in [0.2, 0.25) is 0 Å². The molecular formula is C27H34N6. The van der Waals surface area contributed by atoms with E-state index in [1.165, 1.54) is 55.6 Å². The zero-order chi connectivity index (χ0) is 22.8. The predicted molar refractivity (Wildman–Crippen MR) is 132 cm³/mol. The molecule has 33 heavy (non-hydrogen) atoms. The molecule has 1 atom stereocenters. The summed E-state index contributed by atoms with van der Waals surface area (Å²) in [7, 11) is 0. The summed E-state index contributed by atoms with van der Waals surface area (Å²) in [6.07, 6.45) is 7.95. The van der Waals surface area contributed by atoms with Gasteiger partial charge in [-0.3, -0.25) is 0 Å². The Morgan fingerprint density at radius 1 is 1.00 bits per heavy atom. The number of piperidine rings is 1. The van der Waals surface area contributed by atoms with Crippen molar-refractivity contribution >= 4 is 5.65 Å². The second kappa shape index (κ2) is 9.48. The Hall–Kier alpha value is -2.99. The highest BCUT2D eigenvalue weighted by Crippen LogP contribution is 2.23. The van der Waals surface area contributed by atoms with Crippen molar-refractivity contribution in [2.45, 2.75) is 52.9 Å². The van der Waals surface area contributed by atoms with Gasteiger partial charge < -0.3 is 4.90 Å². The van der Waals surface area contributed by atoms with Crippen molar-refractivity contribution in [1.29, 1.82) is 0 Å². The number of nitrogens with zero attached hydrogens (tertiary/aromatic N) is 6. The number of likely N-dealkylation sites (tertiary alicyclic amines) is 1. The molecule has 1 fully saturated rings. The topological polar surface area (TPSA) is 51.3 Å². The highest BCUT2D eigenvalue weighted by atomic mass is 15.4. The number of benzene rings is 1. The van der Waals surface area contributed by atoms with E-state index in [1.54, 1.807) is 0 Å². The van der Waals surface area contributed by atoms with E-state index < -0.39 is 0 Å². The first-order chi connectivity index (χ1) is 16.1. The molecule has 6 nitrogen and oxygen atoms in total. The van der Waals surface area contributed by atoms with Gasteiger partial charge in [-0.1, -0.05) is 30.3 Å². The van der Waals surface area contributed by atoms with Crippen molar-refractivity contribution < 1.29 is 0 Å². The molecule has 5 rings (SSSR count). The van der Waals surface area contributed by atoms with Crippen molar-refractivity contribution in [1.82, 2.24) is 29.3 Å². The SMILES string of the molecule is Cc1nn(-c2ccc3ncc(C)n3n2)c(C)c1CCCN1CCCC(Cc2ccccc2)C1. The molecule has 0 spiro atoms. The lowest BCUT2D eigenvalue weighted by Gasteiger charge is -2.32. The molecule has 6 heteroatoms. The highest BCUT2D eigenvalue weighted by molar-refractivity contribution is 5.42. The van der Waals surface area contributed by atoms with Crippen LogP contribution in [0.1, 0.15) is 47.5 Å². The Balaban J connectivity index is 1.21. The largest absolute Gasteiger partial charge is 0.303 e. The van der Waals surface area contributed by atoms with Crippen LogP contribution in [0.25, 0.3) is 11.5 Å². The molecular weight excluding hydrogens is 408 g/mol. The Morgan fingerprint density at radius 2 is 1.85 bits per heavy atom. The van der Waals surface area contributed by atoms with Crippen LogP contribution in [0.2, 0.25) is 0 Å². The minimum atomic E-state index is 0.778. The third-order valence-corrected chi connectivity index (χ3v) is 7.05. The minimum absolute atomic E-state index is 0.778. The summed E-state index contributed by atoms with van der Waals surface area (Å²) in [6, 6.07) is 15.0. The smallest absolute Gasteiger partial charge is 0.174 e. The average molecular weight is 443 g/mol. The van der Waals surface area contributed by atoms with E-state index in [0.717, 1.165) is 41.7 Å². The van der Waals surface area contributed by atoms with Gasteiger partial charge in [-0.2, -0.15) is 5.10 Å². The molecule has 1 aliphatic rings. The van der Waals surface area contributed by atoms with E-state index in [2.05, 4.69) is 54.1 Å². The summed E-state index contributed by atoms with van der Waals surface area (Å²) >= 11 is 0. The lowest BCUT2D eigenvalue weighted by atomic mass is 9.91. The molecule has 172 valence electrons. The fourth-order valence-corrected chi connectivity index (χ4v) is 5.30. The van der Waals surface area contributed by atoms with E-state index >= 15 is 0 Å². The fourth-order valence-electron chi connectivity index (χ4n) is 5.30. The lowest BCUT2D eigenvalue weighted by Crippen LogP contribution is -2.37. The lowest BCUT2D eigenvalue weighted by molar-refractivity contribution is 0.172. The molecule has 1 aliphatic heterocycles. The summed E-state index contributed by atoms with van der Waals surface area (Å²) in [5.74, 6) is 1.62. The molecule has 1 saturated heterocycles. The van der Waals surface area contributed by atoms with Gasteiger partial charge >= 0.3 is 0 Å². The van der Waals surface area contributed by atoms with E-state index in [0.29, 0.717) is 0 Å². The average Bonchev–Trinajstić information content (AvgIpc) is 3.34. The maximum atomic E-state index is 4.83. The number of hydrogen-bond acceptors (Lipinski definition) is 4. The zero-order valence-corrected chi connectivity index (χ0v) is 20.0. The fraction of sp³-hybridized carbons (Fsp3) is 0.444. The molecule has 0 saturated carbocycles. The van der Waals surface area contributed by atoms with Gasteiger partial charge in [0.25, 0.3) is 0 Å². The van der Waals surface area contributed by atoms with Crippen LogP contribution in [0.4, 0.5) is 0 Å². The molecule has 4 aromatic rings. The number of imidazole rings is 1. The quantitative estimate of drug-likeness (QED) is 0.415. The number of aromatic nitrogens is 5. The van der Waals surface area contributed by atoms with Crippen LogP contribution in [0, 0.1) is 26.7 Å². The maximum Gasteiger partial charge on any atom is 0.174 e. The number of hydrogen-bond donors (Lipinski definition) is 0. The van der Waals surface area contributed by atoms with Gasteiger partial charge in [0.1, 0.15) is 0 Å². The summed E-state index contributed by atoms with van der Waals surface area (Å²) in [4.78, 5) is 7.05. The molecule has 1 unspecified atom stereocenters. The standard InChI is InChI=1S/C27H34N6/c1-20-18-28-26-13-14-27(30-32(20)26)33-22(3)25(21(2)29-33)12-8-16-31-15-7-11-24(19-31)17-23-9-5-4-6-10-23/h4-6,9-10,13-14,18,24H,7-8,11-12,15-17,19H2,1-3H3. The van der Waals surface area contributed by atoms with E-state index in [9.17, 15) is 0 Å². The number of rotatable bonds is 7.